The van der Waals surface area contributed by atoms with Crippen molar-refractivity contribution in [2.45, 2.75) is 25.6 Å². The maximum Gasteiger partial charge on any atom is 0.341 e. The van der Waals surface area contributed by atoms with Gasteiger partial charge in [-0.15, -0.1) is 21.5 Å². The molecule has 0 saturated heterocycles. The van der Waals surface area contributed by atoms with Crippen molar-refractivity contribution >= 4 is 51.6 Å². The van der Waals surface area contributed by atoms with E-state index in [2.05, 4.69) is 21.6 Å². The molecule has 1 N–H and O–H groups in total. The van der Waals surface area contributed by atoms with E-state index < -0.39 is 5.97 Å². The molecule has 0 radical (unpaired) electrons. The van der Waals surface area contributed by atoms with E-state index in [4.69, 9.17) is 21.1 Å². The Morgan fingerprint density at radius 2 is 1.81 bits per heavy atom. The van der Waals surface area contributed by atoms with Gasteiger partial charge in [-0.3, -0.25) is 4.79 Å². The number of benzene rings is 2. The fraction of sp³-hybridized carbons (Fsp3) is 0.231. The third kappa shape index (κ3) is 6.51. The molecule has 8 nitrogen and oxygen atoms in total. The van der Waals surface area contributed by atoms with Crippen molar-refractivity contribution < 1.29 is 19.1 Å². The molecule has 11 heteroatoms. The minimum absolute atomic E-state index is 0.0820. The lowest BCUT2D eigenvalue weighted by Crippen LogP contribution is -2.16. The lowest BCUT2D eigenvalue weighted by atomic mass is 10.0. The number of esters is 1. The average Bonchev–Trinajstić information content (AvgIpc) is 3.44. The van der Waals surface area contributed by atoms with Gasteiger partial charge in [0.1, 0.15) is 22.9 Å². The number of thiophene rings is 1. The standard InChI is InChI=1S/C26H25ClN4O4S2/c1-15-9-16(2)11-19(10-15)35-12-21-29-30-26(31(21)3)37-14-22(32)28-24-23(25(33)34-4)20(13-36-24)17-5-7-18(27)8-6-17/h5-11,13H,12,14H2,1-4H3,(H,28,32). The molecule has 0 fully saturated rings. The minimum atomic E-state index is -0.532. The van der Waals surface area contributed by atoms with Crippen LogP contribution in [0.3, 0.4) is 0 Å². The number of amides is 1. The monoisotopic (exact) mass is 556 g/mol. The summed E-state index contributed by atoms with van der Waals surface area (Å²) in [5.41, 5.74) is 4.01. The summed E-state index contributed by atoms with van der Waals surface area (Å²) < 4.78 is 12.6. The smallest absolute Gasteiger partial charge is 0.341 e. The number of carbonyl (C=O) groups is 2. The van der Waals surface area contributed by atoms with Crippen molar-refractivity contribution in [3.05, 3.63) is 75.4 Å². The molecular formula is C26H25ClN4O4S2. The van der Waals surface area contributed by atoms with E-state index in [0.29, 0.717) is 32.1 Å². The van der Waals surface area contributed by atoms with Gasteiger partial charge in [-0.25, -0.2) is 4.79 Å². The van der Waals surface area contributed by atoms with Crippen molar-refractivity contribution in [2.75, 3.05) is 18.2 Å². The SMILES string of the molecule is COC(=O)c1c(-c2ccc(Cl)cc2)csc1NC(=O)CSc1nnc(COc2cc(C)cc(C)c2)n1C. The molecule has 0 bridgehead atoms. The van der Waals surface area contributed by atoms with Gasteiger partial charge in [0.15, 0.2) is 11.0 Å². The predicted octanol–water partition coefficient (Wildman–Crippen LogP) is 5.91. The van der Waals surface area contributed by atoms with Crippen LogP contribution in [0.2, 0.25) is 5.02 Å². The normalized spacial score (nSPS) is 10.8. The van der Waals surface area contributed by atoms with Gasteiger partial charge in [0.05, 0.1) is 12.9 Å². The molecule has 0 aliphatic heterocycles. The maximum absolute atomic E-state index is 12.8. The zero-order valence-corrected chi connectivity index (χ0v) is 23.1. The second-order valence-electron chi connectivity index (χ2n) is 8.26. The van der Waals surface area contributed by atoms with Crippen LogP contribution in [0.4, 0.5) is 5.00 Å². The van der Waals surface area contributed by atoms with Crippen molar-refractivity contribution in [3.63, 3.8) is 0 Å². The van der Waals surface area contributed by atoms with Gasteiger partial charge in [0, 0.05) is 23.0 Å². The van der Waals surface area contributed by atoms with Crippen LogP contribution in [0, 0.1) is 13.8 Å². The highest BCUT2D eigenvalue weighted by Crippen LogP contribution is 2.36. The lowest BCUT2D eigenvalue weighted by Gasteiger charge is -2.09. The summed E-state index contributed by atoms with van der Waals surface area (Å²) >= 11 is 8.49. The van der Waals surface area contributed by atoms with E-state index in [9.17, 15) is 9.59 Å². The topological polar surface area (TPSA) is 95.3 Å². The molecule has 0 atom stereocenters. The van der Waals surface area contributed by atoms with Crippen LogP contribution >= 0.6 is 34.7 Å². The van der Waals surface area contributed by atoms with Crippen LogP contribution in [0.25, 0.3) is 11.1 Å². The number of nitrogens with zero attached hydrogens (tertiary/aromatic N) is 3. The molecule has 0 unspecified atom stereocenters. The Bertz CT molecular complexity index is 1410. The van der Waals surface area contributed by atoms with Crippen LogP contribution in [0.5, 0.6) is 5.75 Å². The number of rotatable bonds is 9. The molecule has 4 rings (SSSR count). The number of anilines is 1. The van der Waals surface area contributed by atoms with Gasteiger partial charge in [0.25, 0.3) is 0 Å². The fourth-order valence-corrected chi connectivity index (χ4v) is 5.48. The fourth-order valence-electron chi connectivity index (χ4n) is 3.65. The second kappa shape index (κ2) is 11.8. The highest BCUT2D eigenvalue weighted by Gasteiger charge is 2.23. The molecule has 192 valence electrons. The zero-order chi connectivity index (χ0) is 26.5. The summed E-state index contributed by atoms with van der Waals surface area (Å²) in [6, 6.07) is 13.1. The highest BCUT2D eigenvalue weighted by atomic mass is 35.5. The largest absolute Gasteiger partial charge is 0.486 e. The molecule has 0 saturated carbocycles. The first-order valence-electron chi connectivity index (χ1n) is 11.2. The number of nitrogens with one attached hydrogen (secondary N) is 1. The summed E-state index contributed by atoms with van der Waals surface area (Å²) in [6.45, 7) is 4.29. The van der Waals surface area contributed by atoms with Crippen molar-refractivity contribution in [2.24, 2.45) is 7.05 Å². The second-order valence-corrected chi connectivity index (χ2v) is 10.5. The first-order chi connectivity index (χ1) is 17.7. The molecule has 2 aromatic heterocycles. The zero-order valence-electron chi connectivity index (χ0n) is 20.7. The molecule has 0 aliphatic carbocycles. The Hall–Kier alpha value is -3.34. The van der Waals surface area contributed by atoms with Crippen LogP contribution < -0.4 is 10.1 Å². The van der Waals surface area contributed by atoms with Crippen molar-refractivity contribution in [1.82, 2.24) is 14.8 Å². The van der Waals surface area contributed by atoms with E-state index in [1.165, 1.54) is 30.2 Å². The van der Waals surface area contributed by atoms with E-state index in [-0.39, 0.29) is 18.3 Å². The molecular weight excluding hydrogens is 532 g/mol. The molecule has 0 spiro atoms. The van der Waals surface area contributed by atoms with Crippen LogP contribution in [-0.2, 0) is 23.2 Å². The Kier molecular flexibility index (Phi) is 8.52. The van der Waals surface area contributed by atoms with Crippen LogP contribution in [0.15, 0.2) is 53.0 Å². The minimum Gasteiger partial charge on any atom is -0.486 e. The Labute approximate surface area is 228 Å². The van der Waals surface area contributed by atoms with E-state index in [1.807, 2.05) is 50.5 Å². The summed E-state index contributed by atoms with van der Waals surface area (Å²) in [4.78, 5) is 25.3. The number of ether oxygens (including phenoxy) is 2. The van der Waals surface area contributed by atoms with E-state index in [0.717, 1.165) is 22.4 Å². The van der Waals surface area contributed by atoms with Gasteiger partial charge < -0.3 is 19.4 Å². The molecule has 1 amide bonds. The van der Waals surface area contributed by atoms with Gasteiger partial charge in [-0.2, -0.15) is 0 Å². The average molecular weight is 557 g/mol. The van der Waals surface area contributed by atoms with E-state index >= 15 is 0 Å². The van der Waals surface area contributed by atoms with Crippen LogP contribution in [-0.4, -0.2) is 39.5 Å². The van der Waals surface area contributed by atoms with Gasteiger partial charge >= 0.3 is 5.97 Å². The third-order valence-electron chi connectivity index (χ3n) is 5.41. The van der Waals surface area contributed by atoms with Crippen molar-refractivity contribution in [1.29, 1.82) is 0 Å². The summed E-state index contributed by atoms with van der Waals surface area (Å²) in [5.74, 6) is 0.676. The number of hydrogen-bond donors (Lipinski definition) is 1. The molecule has 0 aliphatic rings. The third-order valence-corrected chi connectivity index (χ3v) is 7.58. The molecule has 37 heavy (non-hydrogen) atoms. The number of hydrogen-bond acceptors (Lipinski definition) is 8. The molecule has 2 aromatic carbocycles. The Morgan fingerprint density at radius 3 is 2.49 bits per heavy atom. The number of thioether (sulfide) groups is 1. The number of aromatic nitrogens is 3. The lowest BCUT2D eigenvalue weighted by molar-refractivity contribution is -0.113. The summed E-state index contributed by atoms with van der Waals surface area (Å²) in [7, 11) is 3.13. The Morgan fingerprint density at radius 1 is 1.11 bits per heavy atom. The number of aryl methyl sites for hydroxylation is 2. The number of carbonyl (C=O) groups excluding carboxylic acids is 2. The maximum atomic E-state index is 12.8. The van der Waals surface area contributed by atoms with Gasteiger partial charge in [-0.05, 0) is 54.8 Å². The van der Waals surface area contributed by atoms with Crippen molar-refractivity contribution in [3.8, 4) is 16.9 Å². The van der Waals surface area contributed by atoms with E-state index in [1.54, 1.807) is 16.7 Å². The first kappa shape index (κ1) is 26.7. The molecule has 2 heterocycles. The highest BCUT2D eigenvalue weighted by molar-refractivity contribution is 7.99. The summed E-state index contributed by atoms with van der Waals surface area (Å²) in [6.07, 6.45) is 0. The summed E-state index contributed by atoms with van der Waals surface area (Å²) in [5, 5.41) is 14.6. The van der Waals surface area contributed by atoms with Gasteiger partial charge in [0.2, 0.25) is 5.91 Å². The molecule has 4 aromatic rings. The van der Waals surface area contributed by atoms with Gasteiger partial charge in [-0.1, -0.05) is 41.6 Å². The number of methoxy groups -OCH3 is 1. The van der Waals surface area contributed by atoms with Crippen LogP contribution in [0.1, 0.15) is 27.3 Å². The Balaban J connectivity index is 1.40. The predicted molar refractivity (Wildman–Crippen MR) is 147 cm³/mol. The first-order valence-corrected chi connectivity index (χ1v) is 13.5. The number of halogens is 1. The quantitative estimate of drug-likeness (QED) is 0.202.